The molecule has 0 aliphatic carbocycles. The summed E-state index contributed by atoms with van der Waals surface area (Å²) in [5.41, 5.74) is 0. The third kappa shape index (κ3) is 2.33. The van der Waals surface area contributed by atoms with Crippen molar-refractivity contribution in [1.82, 2.24) is 14.3 Å². The van der Waals surface area contributed by atoms with Gasteiger partial charge >= 0.3 is 0 Å². The van der Waals surface area contributed by atoms with Crippen molar-refractivity contribution in [2.75, 3.05) is 26.2 Å². The zero-order valence-corrected chi connectivity index (χ0v) is 9.89. The number of hydrogen-bond donors (Lipinski definition) is 2. The van der Waals surface area contributed by atoms with Crippen molar-refractivity contribution < 1.29 is 8.42 Å². The Morgan fingerprint density at radius 1 is 1.47 bits per heavy atom. The fraction of sp³-hybridized carbons (Fsp3) is 1.00. The van der Waals surface area contributed by atoms with E-state index in [9.17, 15) is 8.42 Å². The molecule has 15 heavy (non-hydrogen) atoms. The maximum Gasteiger partial charge on any atom is 0.279 e. The van der Waals surface area contributed by atoms with E-state index < -0.39 is 10.2 Å². The van der Waals surface area contributed by atoms with Crippen LogP contribution < -0.4 is 10.0 Å². The Balaban J connectivity index is 2.02. The number of rotatable bonds is 3. The molecule has 0 aromatic rings. The summed E-state index contributed by atoms with van der Waals surface area (Å²) < 4.78 is 27.6. The molecule has 2 unspecified atom stereocenters. The van der Waals surface area contributed by atoms with Crippen LogP contribution in [0.25, 0.3) is 0 Å². The van der Waals surface area contributed by atoms with Gasteiger partial charge in [-0.25, -0.2) is 4.72 Å². The standard InChI is InChI=1S/C9H19N3O2S/c1-2-11-15(13,14)12-6-8-4-3-5-10-9(8)7-12/h8-11H,2-7H2,1H3. The first-order chi connectivity index (χ1) is 7.13. The first-order valence-electron chi connectivity index (χ1n) is 5.61. The molecule has 2 atom stereocenters. The normalized spacial score (nSPS) is 32.9. The van der Waals surface area contributed by atoms with Crippen LogP contribution in [-0.4, -0.2) is 44.9 Å². The largest absolute Gasteiger partial charge is 0.312 e. The molecular formula is C9H19N3O2S. The second kappa shape index (κ2) is 4.37. The summed E-state index contributed by atoms with van der Waals surface area (Å²) in [6.07, 6.45) is 2.31. The molecule has 88 valence electrons. The van der Waals surface area contributed by atoms with Crippen LogP contribution >= 0.6 is 0 Å². The monoisotopic (exact) mass is 233 g/mol. The molecule has 2 saturated heterocycles. The second-order valence-corrected chi connectivity index (χ2v) is 6.04. The van der Waals surface area contributed by atoms with Gasteiger partial charge in [0.15, 0.2) is 0 Å². The third-order valence-corrected chi connectivity index (χ3v) is 4.86. The molecular weight excluding hydrogens is 214 g/mol. The average Bonchev–Trinajstić information content (AvgIpc) is 2.61. The molecule has 0 radical (unpaired) electrons. The Labute approximate surface area is 91.4 Å². The van der Waals surface area contributed by atoms with Crippen LogP contribution in [-0.2, 0) is 10.2 Å². The molecule has 2 rings (SSSR count). The van der Waals surface area contributed by atoms with E-state index in [-0.39, 0.29) is 0 Å². The van der Waals surface area contributed by atoms with Gasteiger partial charge < -0.3 is 5.32 Å². The fourth-order valence-corrected chi connectivity index (χ4v) is 3.77. The van der Waals surface area contributed by atoms with Gasteiger partial charge in [0.05, 0.1) is 0 Å². The minimum atomic E-state index is -3.22. The zero-order chi connectivity index (χ0) is 10.9. The molecule has 2 fully saturated rings. The molecule has 0 spiro atoms. The van der Waals surface area contributed by atoms with Gasteiger partial charge in [0.2, 0.25) is 0 Å². The fourth-order valence-electron chi connectivity index (χ4n) is 2.48. The molecule has 6 heteroatoms. The van der Waals surface area contributed by atoms with Crippen LogP contribution in [0.15, 0.2) is 0 Å². The lowest BCUT2D eigenvalue weighted by Crippen LogP contribution is -2.42. The van der Waals surface area contributed by atoms with Crippen molar-refractivity contribution in [3.8, 4) is 0 Å². The van der Waals surface area contributed by atoms with Crippen molar-refractivity contribution >= 4 is 10.2 Å². The minimum absolute atomic E-state index is 0.368. The SMILES string of the molecule is CCNS(=O)(=O)N1CC2CCCNC2C1. The molecule has 0 saturated carbocycles. The van der Waals surface area contributed by atoms with Crippen molar-refractivity contribution in [1.29, 1.82) is 0 Å². The van der Waals surface area contributed by atoms with Crippen LogP contribution in [0.1, 0.15) is 19.8 Å². The molecule has 2 heterocycles. The van der Waals surface area contributed by atoms with Crippen molar-refractivity contribution in [2.45, 2.75) is 25.8 Å². The summed E-state index contributed by atoms with van der Waals surface area (Å²) in [5, 5.41) is 3.39. The summed E-state index contributed by atoms with van der Waals surface area (Å²) in [6.45, 7) is 4.59. The van der Waals surface area contributed by atoms with Gasteiger partial charge in [-0.2, -0.15) is 12.7 Å². The van der Waals surface area contributed by atoms with E-state index in [2.05, 4.69) is 10.0 Å². The summed E-state index contributed by atoms with van der Waals surface area (Å²) in [4.78, 5) is 0. The van der Waals surface area contributed by atoms with Crippen molar-refractivity contribution in [3.05, 3.63) is 0 Å². The van der Waals surface area contributed by atoms with E-state index in [4.69, 9.17) is 0 Å². The topological polar surface area (TPSA) is 61.4 Å². The number of nitrogens with one attached hydrogen (secondary N) is 2. The highest BCUT2D eigenvalue weighted by Gasteiger charge is 2.39. The van der Waals surface area contributed by atoms with Crippen LogP contribution in [0.5, 0.6) is 0 Å². The van der Waals surface area contributed by atoms with Crippen LogP contribution in [0.2, 0.25) is 0 Å². The summed E-state index contributed by atoms with van der Waals surface area (Å²) >= 11 is 0. The first-order valence-corrected chi connectivity index (χ1v) is 7.05. The molecule has 5 nitrogen and oxygen atoms in total. The summed E-state index contributed by atoms with van der Waals surface area (Å²) in [7, 11) is -3.22. The Morgan fingerprint density at radius 3 is 2.93 bits per heavy atom. The van der Waals surface area contributed by atoms with E-state index in [1.54, 1.807) is 11.2 Å². The van der Waals surface area contributed by atoms with Gasteiger partial charge in [-0.1, -0.05) is 6.92 Å². The van der Waals surface area contributed by atoms with Gasteiger partial charge in [-0.15, -0.1) is 0 Å². The minimum Gasteiger partial charge on any atom is -0.312 e. The summed E-state index contributed by atoms with van der Waals surface area (Å²) in [5.74, 6) is 0.507. The average molecular weight is 233 g/mol. The quantitative estimate of drug-likeness (QED) is 0.692. The van der Waals surface area contributed by atoms with Crippen molar-refractivity contribution in [3.63, 3.8) is 0 Å². The van der Waals surface area contributed by atoms with Gasteiger partial charge in [0.1, 0.15) is 0 Å². The molecule has 0 amide bonds. The predicted molar refractivity (Wildman–Crippen MR) is 58.7 cm³/mol. The second-order valence-electron chi connectivity index (χ2n) is 4.28. The van der Waals surface area contributed by atoms with Gasteiger partial charge in [-0.3, -0.25) is 0 Å². The molecule has 0 bridgehead atoms. The predicted octanol–water partition coefficient (Wildman–Crippen LogP) is -0.475. The van der Waals surface area contributed by atoms with E-state index >= 15 is 0 Å². The number of nitrogens with zero attached hydrogens (tertiary/aromatic N) is 1. The Bertz CT molecular complexity index is 303. The smallest absolute Gasteiger partial charge is 0.279 e. The highest BCUT2D eigenvalue weighted by molar-refractivity contribution is 7.87. The van der Waals surface area contributed by atoms with Crippen LogP contribution in [0.3, 0.4) is 0 Å². The Kier molecular flexibility index (Phi) is 3.30. The van der Waals surface area contributed by atoms with Crippen LogP contribution in [0.4, 0.5) is 0 Å². The van der Waals surface area contributed by atoms with E-state index in [0.29, 0.717) is 31.6 Å². The maximum atomic E-state index is 11.8. The van der Waals surface area contributed by atoms with Gasteiger partial charge in [0, 0.05) is 25.7 Å². The number of fused-ring (bicyclic) bond motifs is 1. The number of piperidine rings is 1. The van der Waals surface area contributed by atoms with E-state index in [1.807, 2.05) is 0 Å². The van der Waals surface area contributed by atoms with Gasteiger partial charge in [-0.05, 0) is 25.3 Å². The molecule has 2 aliphatic heterocycles. The Morgan fingerprint density at radius 2 is 2.27 bits per heavy atom. The van der Waals surface area contributed by atoms with Crippen molar-refractivity contribution in [2.24, 2.45) is 5.92 Å². The lowest BCUT2D eigenvalue weighted by atomic mass is 9.94. The highest BCUT2D eigenvalue weighted by Crippen LogP contribution is 2.26. The molecule has 2 aliphatic rings. The van der Waals surface area contributed by atoms with Crippen LogP contribution in [0, 0.1) is 5.92 Å². The zero-order valence-electron chi connectivity index (χ0n) is 9.07. The van der Waals surface area contributed by atoms with E-state index in [0.717, 1.165) is 19.4 Å². The number of hydrogen-bond acceptors (Lipinski definition) is 3. The summed E-state index contributed by atoms with van der Waals surface area (Å²) in [6, 6.07) is 0.368. The molecule has 2 N–H and O–H groups in total. The van der Waals surface area contributed by atoms with E-state index in [1.165, 1.54) is 0 Å². The first kappa shape index (κ1) is 11.3. The Hall–Kier alpha value is -0.170. The van der Waals surface area contributed by atoms with Gasteiger partial charge in [0.25, 0.3) is 10.2 Å². The molecule has 0 aromatic heterocycles. The maximum absolute atomic E-state index is 11.8. The molecule has 0 aromatic carbocycles. The highest BCUT2D eigenvalue weighted by atomic mass is 32.2. The third-order valence-electron chi connectivity index (χ3n) is 3.23. The lowest BCUT2D eigenvalue weighted by molar-refractivity contribution is 0.339. The lowest BCUT2D eigenvalue weighted by Gasteiger charge is -2.24.